The summed E-state index contributed by atoms with van der Waals surface area (Å²) in [7, 11) is 0. The smallest absolute Gasteiger partial charge is 0.150 e. The van der Waals surface area contributed by atoms with Gasteiger partial charge in [-0.1, -0.05) is 29.8 Å². The molecular formula is C14H9BrClIO2. The second kappa shape index (κ2) is 6.72. The molecule has 0 N–H and O–H groups in total. The molecule has 2 aromatic rings. The predicted molar refractivity (Wildman–Crippen MR) is 88.0 cm³/mol. The summed E-state index contributed by atoms with van der Waals surface area (Å²) < 4.78 is 7.41. The summed E-state index contributed by atoms with van der Waals surface area (Å²) in [5.74, 6) is 0.714. The van der Waals surface area contributed by atoms with Gasteiger partial charge in [-0.05, 0) is 56.7 Å². The van der Waals surface area contributed by atoms with Gasteiger partial charge in [0, 0.05) is 16.1 Å². The Morgan fingerprint density at radius 2 is 2.05 bits per heavy atom. The first-order valence-corrected chi connectivity index (χ1v) is 7.67. The number of hydrogen-bond donors (Lipinski definition) is 0. The number of hydrogen-bond acceptors (Lipinski definition) is 2. The lowest BCUT2D eigenvalue weighted by atomic mass is 10.2. The van der Waals surface area contributed by atoms with Gasteiger partial charge in [0.05, 0.1) is 8.04 Å². The van der Waals surface area contributed by atoms with Crippen molar-refractivity contribution in [3.8, 4) is 5.75 Å². The molecule has 0 aromatic heterocycles. The lowest BCUT2D eigenvalue weighted by molar-refractivity contribution is 0.112. The maximum atomic E-state index is 10.8. The standard InChI is InChI=1S/C14H9BrClIO2/c15-11-5-9(7-18)6-13(17)14(11)19-8-10-3-1-2-4-12(10)16/h1-7H,8H2. The number of carbonyl (C=O) groups is 1. The van der Waals surface area contributed by atoms with Crippen molar-refractivity contribution in [3.05, 3.63) is 60.6 Å². The zero-order chi connectivity index (χ0) is 13.8. The molecular weight excluding hydrogens is 442 g/mol. The van der Waals surface area contributed by atoms with E-state index in [0.717, 1.165) is 19.9 Å². The van der Waals surface area contributed by atoms with Gasteiger partial charge in [-0.15, -0.1) is 0 Å². The van der Waals surface area contributed by atoms with Gasteiger partial charge in [-0.2, -0.15) is 0 Å². The van der Waals surface area contributed by atoms with Crippen LogP contribution < -0.4 is 4.74 Å². The van der Waals surface area contributed by atoms with Crippen molar-refractivity contribution in [1.82, 2.24) is 0 Å². The van der Waals surface area contributed by atoms with Crippen molar-refractivity contribution < 1.29 is 9.53 Å². The molecule has 2 rings (SSSR count). The fraction of sp³-hybridized carbons (Fsp3) is 0.0714. The average molecular weight is 451 g/mol. The van der Waals surface area contributed by atoms with Gasteiger partial charge < -0.3 is 4.74 Å². The molecule has 0 atom stereocenters. The van der Waals surface area contributed by atoms with Gasteiger partial charge in [0.1, 0.15) is 18.6 Å². The molecule has 0 amide bonds. The Morgan fingerprint density at radius 3 is 2.68 bits per heavy atom. The first-order chi connectivity index (χ1) is 9.11. The average Bonchev–Trinajstić information content (AvgIpc) is 2.39. The Kier molecular flexibility index (Phi) is 5.24. The quantitative estimate of drug-likeness (QED) is 0.478. The van der Waals surface area contributed by atoms with Gasteiger partial charge >= 0.3 is 0 Å². The summed E-state index contributed by atoms with van der Waals surface area (Å²) in [6.07, 6.45) is 0.810. The van der Waals surface area contributed by atoms with Crippen LogP contribution in [0.2, 0.25) is 5.02 Å². The van der Waals surface area contributed by atoms with Crippen LogP contribution in [0.4, 0.5) is 0 Å². The maximum Gasteiger partial charge on any atom is 0.150 e. The molecule has 0 fully saturated rings. The van der Waals surface area contributed by atoms with Gasteiger partial charge in [0.25, 0.3) is 0 Å². The molecule has 0 aliphatic carbocycles. The van der Waals surface area contributed by atoms with Gasteiger partial charge in [0.2, 0.25) is 0 Å². The SMILES string of the molecule is O=Cc1cc(Br)c(OCc2ccccc2Cl)c(I)c1. The van der Waals surface area contributed by atoms with Crippen LogP contribution in [0, 0.1) is 3.57 Å². The van der Waals surface area contributed by atoms with Crippen LogP contribution in [0.15, 0.2) is 40.9 Å². The van der Waals surface area contributed by atoms with Crippen molar-refractivity contribution in [3.63, 3.8) is 0 Å². The van der Waals surface area contributed by atoms with Gasteiger partial charge in [-0.3, -0.25) is 4.79 Å². The summed E-state index contributed by atoms with van der Waals surface area (Å²) in [5.41, 5.74) is 1.53. The lowest BCUT2D eigenvalue weighted by Crippen LogP contribution is -1.99. The molecule has 5 heteroatoms. The zero-order valence-electron chi connectivity index (χ0n) is 9.70. The van der Waals surface area contributed by atoms with E-state index in [-0.39, 0.29) is 0 Å². The first-order valence-electron chi connectivity index (χ1n) is 5.42. The molecule has 19 heavy (non-hydrogen) atoms. The molecule has 0 unspecified atom stereocenters. The van der Waals surface area contributed by atoms with Crippen molar-refractivity contribution >= 4 is 56.4 Å². The number of ether oxygens (including phenoxy) is 1. The van der Waals surface area contributed by atoms with Crippen molar-refractivity contribution in [1.29, 1.82) is 0 Å². The fourth-order valence-electron chi connectivity index (χ4n) is 1.55. The first kappa shape index (κ1) is 14.8. The normalized spacial score (nSPS) is 10.3. The van der Waals surface area contributed by atoms with Gasteiger partial charge in [0.15, 0.2) is 0 Å². The van der Waals surface area contributed by atoms with Crippen LogP contribution in [-0.2, 0) is 6.61 Å². The lowest BCUT2D eigenvalue weighted by Gasteiger charge is -2.11. The third-order valence-electron chi connectivity index (χ3n) is 2.49. The molecule has 0 saturated carbocycles. The Morgan fingerprint density at radius 1 is 1.32 bits per heavy atom. The van der Waals surface area contributed by atoms with E-state index in [2.05, 4.69) is 38.5 Å². The second-order valence-electron chi connectivity index (χ2n) is 3.81. The molecule has 98 valence electrons. The molecule has 0 radical (unpaired) electrons. The van der Waals surface area contributed by atoms with Crippen LogP contribution in [0.3, 0.4) is 0 Å². The maximum absolute atomic E-state index is 10.8. The Bertz CT molecular complexity index is 593. The molecule has 0 heterocycles. The van der Waals surface area contributed by atoms with E-state index in [1.807, 2.05) is 24.3 Å². The fourth-order valence-corrected chi connectivity index (χ4v) is 3.51. The molecule has 0 aliphatic heterocycles. The van der Waals surface area contributed by atoms with Gasteiger partial charge in [-0.25, -0.2) is 0 Å². The van der Waals surface area contributed by atoms with E-state index in [9.17, 15) is 4.79 Å². The number of benzene rings is 2. The van der Waals surface area contributed by atoms with Crippen molar-refractivity contribution in [2.24, 2.45) is 0 Å². The van der Waals surface area contributed by atoms with E-state index >= 15 is 0 Å². The largest absolute Gasteiger partial charge is 0.487 e. The summed E-state index contributed by atoms with van der Waals surface area (Å²) in [5, 5.41) is 0.679. The molecule has 0 spiro atoms. The number of rotatable bonds is 4. The van der Waals surface area contributed by atoms with Crippen LogP contribution in [0.25, 0.3) is 0 Å². The molecule has 2 nitrogen and oxygen atoms in total. The van der Waals surface area contributed by atoms with E-state index in [4.69, 9.17) is 16.3 Å². The highest BCUT2D eigenvalue weighted by molar-refractivity contribution is 14.1. The van der Waals surface area contributed by atoms with E-state index < -0.39 is 0 Å². The summed E-state index contributed by atoms with van der Waals surface area (Å²) >= 11 is 11.6. The van der Waals surface area contributed by atoms with Crippen molar-refractivity contribution in [2.75, 3.05) is 0 Å². The summed E-state index contributed by atoms with van der Waals surface area (Å²) in [4.78, 5) is 10.8. The van der Waals surface area contributed by atoms with Crippen molar-refractivity contribution in [2.45, 2.75) is 6.61 Å². The molecule has 0 saturated heterocycles. The van der Waals surface area contributed by atoms with E-state index in [1.54, 1.807) is 12.1 Å². The third-order valence-corrected chi connectivity index (χ3v) is 4.25. The minimum atomic E-state index is 0.384. The molecule has 2 aromatic carbocycles. The predicted octanol–water partition coefficient (Wildman–Crippen LogP) is 5.10. The van der Waals surface area contributed by atoms with E-state index in [1.165, 1.54) is 0 Å². The Hall–Kier alpha value is -0.590. The number of carbonyl (C=O) groups excluding carboxylic acids is 1. The topological polar surface area (TPSA) is 26.3 Å². The third kappa shape index (κ3) is 3.70. The Labute approximate surface area is 138 Å². The number of aldehydes is 1. The minimum Gasteiger partial charge on any atom is -0.487 e. The highest BCUT2D eigenvalue weighted by atomic mass is 127. The van der Waals surface area contributed by atoms with Crippen LogP contribution >= 0.6 is 50.1 Å². The Balaban J connectivity index is 2.21. The van der Waals surface area contributed by atoms with Crippen LogP contribution in [0.1, 0.15) is 15.9 Å². The highest BCUT2D eigenvalue weighted by Gasteiger charge is 2.10. The second-order valence-corrected chi connectivity index (χ2v) is 6.24. The monoisotopic (exact) mass is 450 g/mol. The zero-order valence-corrected chi connectivity index (χ0v) is 14.2. The molecule has 0 aliphatic rings. The van der Waals surface area contributed by atoms with Crippen LogP contribution in [-0.4, -0.2) is 6.29 Å². The van der Waals surface area contributed by atoms with Crippen LogP contribution in [0.5, 0.6) is 5.75 Å². The number of halogens is 3. The minimum absolute atomic E-state index is 0.384. The molecule has 0 bridgehead atoms. The summed E-state index contributed by atoms with van der Waals surface area (Å²) in [6.45, 7) is 0.384. The van der Waals surface area contributed by atoms with E-state index in [0.29, 0.717) is 22.9 Å². The highest BCUT2D eigenvalue weighted by Crippen LogP contribution is 2.32. The summed E-state index contributed by atoms with van der Waals surface area (Å²) in [6, 6.07) is 11.1.